The molecule has 0 bridgehead atoms. The van der Waals surface area contributed by atoms with Gasteiger partial charge in [-0.15, -0.1) is 0 Å². The number of carbonyl (C=O) groups is 1. The molecule has 1 amide bonds. The lowest BCUT2D eigenvalue weighted by molar-refractivity contribution is -0.126. The van der Waals surface area contributed by atoms with E-state index in [1.54, 1.807) is 0 Å². The van der Waals surface area contributed by atoms with Gasteiger partial charge in [-0.3, -0.25) is 9.69 Å². The molecule has 18 heavy (non-hydrogen) atoms. The van der Waals surface area contributed by atoms with Crippen LogP contribution in [-0.4, -0.2) is 49.1 Å². The van der Waals surface area contributed by atoms with Crippen LogP contribution in [0.1, 0.15) is 32.6 Å². The fourth-order valence-corrected chi connectivity index (χ4v) is 3.87. The lowest BCUT2D eigenvalue weighted by Gasteiger charge is -2.33. The van der Waals surface area contributed by atoms with Crippen molar-refractivity contribution < 1.29 is 4.79 Å². The van der Waals surface area contributed by atoms with Crippen LogP contribution in [0, 0.1) is 11.8 Å². The first-order valence-corrected chi connectivity index (χ1v) is 7.51. The molecule has 0 spiro atoms. The highest BCUT2D eigenvalue weighted by Crippen LogP contribution is 2.27. The first-order valence-electron chi connectivity index (χ1n) is 7.51. The van der Waals surface area contributed by atoms with Gasteiger partial charge in [0.2, 0.25) is 5.91 Å². The molecule has 3 aliphatic rings. The topological polar surface area (TPSA) is 44.4 Å². The van der Waals surface area contributed by atoms with Gasteiger partial charge in [0.1, 0.15) is 0 Å². The van der Waals surface area contributed by atoms with Crippen molar-refractivity contribution in [2.75, 3.05) is 26.2 Å². The van der Waals surface area contributed by atoms with Gasteiger partial charge in [0.15, 0.2) is 0 Å². The Bertz CT molecular complexity index is 320. The van der Waals surface area contributed by atoms with Gasteiger partial charge < -0.3 is 10.6 Å². The van der Waals surface area contributed by atoms with E-state index >= 15 is 0 Å². The maximum atomic E-state index is 12.3. The molecule has 0 radical (unpaired) electrons. The Kier molecular flexibility index (Phi) is 3.57. The number of rotatable bonds is 2. The zero-order chi connectivity index (χ0) is 12.5. The summed E-state index contributed by atoms with van der Waals surface area (Å²) in [5.74, 6) is 0.946. The van der Waals surface area contributed by atoms with E-state index in [1.165, 1.54) is 32.4 Å². The molecule has 4 atom stereocenters. The average molecular weight is 251 g/mol. The van der Waals surface area contributed by atoms with Crippen molar-refractivity contribution in [2.45, 2.75) is 44.7 Å². The lowest BCUT2D eigenvalue weighted by Crippen LogP contribution is -2.49. The van der Waals surface area contributed by atoms with Crippen molar-refractivity contribution in [1.82, 2.24) is 15.5 Å². The molecule has 4 heteroatoms. The predicted octanol–water partition coefficient (Wildman–Crippen LogP) is 0.585. The highest BCUT2D eigenvalue weighted by molar-refractivity contribution is 5.80. The number of nitrogens with zero attached hydrogens (tertiary/aromatic N) is 1. The fraction of sp³-hybridized carbons (Fsp3) is 0.929. The van der Waals surface area contributed by atoms with E-state index in [0.717, 1.165) is 19.5 Å². The Morgan fingerprint density at radius 2 is 2.11 bits per heavy atom. The van der Waals surface area contributed by atoms with Gasteiger partial charge >= 0.3 is 0 Å². The number of hydrogen-bond acceptors (Lipinski definition) is 3. The van der Waals surface area contributed by atoms with E-state index in [9.17, 15) is 4.79 Å². The van der Waals surface area contributed by atoms with Crippen LogP contribution >= 0.6 is 0 Å². The van der Waals surface area contributed by atoms with Gasteiger partial charge in [0, 0.05) is 25.2 Å². The third kappa shape index (κ3) is 2.28. The van der Waals surface area contributed by atoms with Crippen molar-refractivity contribution >= 4 is 5.91 Å². The quantitative estimate of drug-likeness (QED) is 0.755. The van der Waals surface area contributed by atoms with Crippen LogP contribution in [0.3, 0.4) is 0 Å². The van der Waals surface area contributed by atoms with Crippen LogP contribution in [0.5, 0.6) is 0 Å². The van der Waals surface area contributed by atoms with E-state index in [-0.39, 0.29) is 11.8 Å². The summed E-state index contributed by atoms with van der Waals surface area (Å²) in [6.45, 7) is 6.42. The molecule has 4 unspecified atom stereocenters. The molecular formula is C14H25N3O. The molecule has 0 saturated carbocycles. The number of carbonyl (C=O) groups excluding carboxylic acids is 1. The molecule has 102 valence electrons. The molecule has 3 fully saturated rings. The largest absolute Gasteiger partial charge is 0.351 e. The van der Waals surface area contributed by atoms with E-state index in [0.29, 0.717) is 18.0 Å². The summed E-state index contributed by atoms with van der Waals surface area (Å²) >= 11 is 0. The summed E-state index contributed by atoms with van der Waals surface area (Å²) in [6.07, 6.45) is 5.07. The maximum absolute atomic E-state index is 12.3. The average Bonchev–Trinajstić information content (AvgIpc) is 2.97. The Morgan fingerprint density at radius 1 is 1.22 bits per heavy atom. The summed E-state index contributed by atoms with van der Waals surface area (Å²) in [5.41, 5.74) is 0. The zero-order valence-electron chi connectivity index (χ0n) is 11.3. The second-order valence-corrected chi connectivity index (χ2v) is 6.24. The first-order chi connectivity index (χ1) is 8.75. The molecule has 0 aromatic carbocycles. The van der Waals surface area contributed by atoms with Crippen LogP contribution in [0.25, 0.3) is 0 Å². The highest BCUT2D eigenvalue weighted by Gasteiger charge is 2.38. The normalized spacial score (nSPS) is 40.7. The number of nitrogens with one attached hydrogen (secondary N) is 2. The van der Waals surface area contributed by atoms with Gasteiger partial charge in [0.05, 0.1) is 5.92 Å². The number of fused-ring (bicyclic) bond motifs is 1. The van der Waals surface area contributed by atoms with Crippen molar-refractivity contribution in [2.24, 2.45) is 11.8 Å². The van der Waals surface area contributed by atoms with Gasteiger partial charge in [0.25, 0.3) is 0 Å². The van der Waals surface area contributed by atoms with E-state index in [4.69, 9.17) is 0 Å². The minimum absolute atomic E-state index is 0.183. The molecule has 3 rings (SSSR count). The molecule has 3 heterocycles. The number of hydrogen-bond donors (Lipinski definition) is 2. The summed E-state index contributed by atoms with van der Waals surface area (Å²) in [6, 6.07) is 1.03. The van der Waals surface area contributed by atoms with Crippen molar-refractivity contribution in [3.8, 4) is 0 Å². The van der Waals surface area contributed by atoms with E-state index < -0.39 is 0 Å². The standard InChI is InChI=1S/C14H25N3O/c1-10-8-15-9-11(10)14(18)16-12-5-7-17-6-3-2-4-13(12)17/h10-13,15H,2-9H2,1H3,(H,16,18). The molecule has 0 aromatic rings. The van der Waals surface area contributed by atoms with E-state index in [2.05, 4.69) is 22.5 Å². The summed E-state index contributed by atoms with van der Waals surface area (Å²) < 4.78 is 0. The summed E-state index contributed by atoms with van der Waals surface area (Å²) in [7, 11) is 0. The predicted molar refractivity (Wildman–Crippen MR) is 71.3 cm³/mol. The Hall–Kier alpha value is -0.610. The first kappa shape index (κ1) is 12.4. The van der Waals surface area contributed by atoms with Gasteiger partial charge in [-0.1, -0.05) is 13.3 Å². The van der Waals surface area contributed by atoms with Crippen LogP contribution in [0.2, 0.25) is 0 Å². The lowest BCUT2D eigenvalue weighted by atomic mass is 9.95. The summed E-state index contributed by atoms with van der Waals surface area (Å²) in [5, 5.41) is 6.64. The molecule has 3 saturated heterocycles. The molecular weight excluding hydrogens is 226 g/mol. The minimum Gasteiger partial charge on any atom is -0.351 e. The van der Waals surface area contributed by atoms with Crippen molar-refractivity contribution in [1.29, 1.82) is 0 Å². The van der Waals surface area contributed by atoms with Crippen molar-refractivity contribution in [3.05, 3.63) is 0 Å². The SMILES string of the molecule is CC1CNCC1C(=O)NC1CCN2CCCCC12. The third-order valence-corrected chi connectivity index (χ3v) is 5.04. The third-order valence-electron chi connectivity index (χ3n) is 5.04. The van der Waals surface area contributed by atoms with Crippen LogP contribution in [-0.2, 0) is 4.79 Å². The molecule has 0 aliphatic carbocycles. The van der Waals surface area contributed by atoms with Crippen LogP contribution < -0.4 is 10.6 Å². The Morgan fingerprint density at radius 3 is 2.89 bits per heavy atom. The maximum Gasteiger partial charge on any atom is 0.224 e. The number of amides is 1. The molecule has 0 aromatic heterocycles. The Balaban J connectivity index is 1.57. The van der Waals surface area contributed by atoms with Gasteiger partial charge in [-0.2, -0.15) is 0 Å². The monoisotopic (exact) mass is 251 g/mol. The van der Waals surface area contributed by atoms with Gasteiger partial charge in [-0.05, 0) is 38.3 Å². The second-order valence-electron chi connectivity index (χ2n) is 6.24. The van der Waals surface area contributed by atoms with E-state index in [1.807, 2.05) is 0 Å². The van der Waals surface area contributed by atoms with Crippen LogP contribution in [0.15, 0.2) is 0 Å². The van der Waals surface area contributed by atoms with Gasteiger partial charge in [-0.25, -0.2) is 0 Å². The second kappa shape index (κ2) is 5.17. The molecule has 3 aliphatic heterocycles. The zero-order valence-corrected chi connectivity index (χ0v) is 11.3. The van der Waals surface area contributed by atoms with Crippen LogP contribution in [0.4, 0.5) is 0 Å². The highest BCUT2D eigenvalue weighted by atomic mass is 16.2. The summed E-state index contributed by atoms with van der Waals surface area (Å²) in [4.78, 5) is 14.9. The fourth-order valence-electron chi connectivity index (χ4n) is 3.87. The minimum atomic E-state index is 0.183. The Labute approximate surface area is 109 Å². The molecule has 2 N–H and O–H groups in total. The van der Waals surface area contributed by atoms with Crippen molar-refractivity contribution in [3.63, 3.8) is 0 Å². The molecule has 4 nitrogen and oxygen atoms in total. The number of piperidine rings is 1. The smallest absolute Gasteiger partial charge is 0.224 e.